The standard InChI is InChI=1S/C4H8O.3ClH.Zr/c1-2-4-5-3-1;;;;/h1-4H2;3*1H;/q;;;;+3/p-3/i;;;;1-88. The third-order valence-electron chi connectivity index (χ3n) is 0.827. The first-order valence-electron chi connectivity index (χ1n) is 2.64. The predicted octanol–water partition coefficient (Wildman–Crippen LogP) is 2.86. The Morgan fingerprint density at radius 1 is 1.00 bits per heavy atom. The van der Waals surface area contributed by atoms with Crippen molar-refractivity contribution in [3.63, 3.8) is 0 Å². The van der Waals surface area contributed by atoms with Crippen LogP contribution in [-0.4, -0.2) is 13.2 Å². The Balaban J connectivity index is 0.000000148. The maximum absolute atomic E-state index is 5.00. The summed E-state index contributed by atoms with van der Waals surface area (Å²) < 4.78 is 4.94. The van der Waals surface area contributed by atoms with Gasteiger partial charge in [-0.3, -0.25) is 0 Å². The minimum absolute atomic E-state index is 1.00. The fraction of sp³-hybridized carbons (Fsp3) is 1.00. The maximum atomic E-state index is 5.00. The molecule has 0 N–H and O–H groups in total. The van der Waals surface area contributed by atoms with Crippen LogP contribution in [0, 0.1) is 0 Å². The molecule has 0 aromatic carbocycles. The SMILES string of the molecule is C1CCOC1.[Cl][3Zr]([Cl])[Cl]. The summed E-state index contributed by atoms with van der Waals surface area (Å²) in [5.41, 5.74) is 0. The van der Waals surface area contributed by atoms with Crippen LogP contribution in [-0.2, 0) is 22.9 Å². The molecule has 0 bridgehead atoms. The zero-order valence-electron chi connectivity index (χ0n) is 4.87. The van der Waals surface area contributed by atoms with E-state index in [1.165, 1.54) is 12.8 Å². The van der Waals surface area contributed by atoms with Crippen molar-refractivity contribution in [2.45, 2.75) is 12.8 Å². The summed E-state index contributed by atoms with van der Waals surface area (Å²) in [5, 5.41) is 0. The van der Waals surface area contributed by atoms with E-state index in [9.17, 15) is 0 Å². The van der Waals surface area contributed by atoms with Gasteiger partial charge in [-0.05, 0) is 12.8 Å². The van der Waals surface area contributed by atoms with Crippen LogP contribution in [0.2, 0.25) is 0 Å². The molecule has 0 aromatic rings. The first-order chi connectivity index (χ1) is 4.23. The second-order valence-electron chi connectivity index (χ2n) is 1.53. The number of hydrogen-bond donors (Lipinski definition) is 0. The Morgan fingerprint density at radius 3 is 1.44 bits per heavy atom. The van der Waals surface area contributed by atoms with Crippen LogP contribution in [0.3, 0.4) is 0 Å². The van der Waals surface area contributed by atoms with E-state index >= 15 is 0 Å². The number of ether oxygens (including phenoxy) is 1. The van der Waals surface area contributed by atoms with E-state index in [0.717, 1.165) is 13.2 Å². The van der Waals surface area contributed by atoms with Crippen LogP contribution in [0.15, 0.2) is 0 Å². The summed E-state index contributed by atoms with van der Waals surface area (Å²) >= 11 is -2.13. The molecule has 1 saturated heterocycles. The van der Waals surface area contributed by atoms with Gasteiger partial charge in [0.2, 0.25) is 0 Å². The van der Waals surface area contributed by atoms with Crippen molar-refractivity contribution in [3.05, 3.63) is 0 Å². The van der Waals surface area contributed by atoms with Crippen LogP contribution in [0.4, 0.5) is 0 Å². The molecule has 0 radical (unpaired) electrons. The molecule has 55 valence electrons. The van der Waals surface area contributed by atoms with Gasteiger partial charge in [0.05, 0.1) is 0 Å². The first kappa shape index (κ1) is 10.7. The van der Waals surface area contributed by atoms with Crippen LogP contribution < -0.4 is 0 Å². The van der Waals surface area contributed by atoms with Gasteiger partial charge >= 0.3 is 43.7 Å². The van der Waals surface area contributed by atoms with Crippen LogP contribution in [0.25, 0.3) is 0 Å². The Hall–Kier alpha value is 1.71. The van der Waals surface area contributed by atoms with Crippen LogP contribution in [0.1, 0.15) is 12.8 Å². The molecule has 1 aliphatic heterocycles. The molecule has 0 saturated carbocycles. The fourth-order valence-corrected chi connectivity index (χ4v) is 0.510. The quantitative estimate of drug-likeness (QED) is 0.558. The van der Waals surface area contributed by atoms with Crippen LogP contribution in [0.5, 0.6) is 0 Å². The minimum atomic E-state index is -2.13. The molecule has 1 fully saturated rings. The third-order valence-corrected chi connectivity index (χ3v) is 0.827. The van der Waals surface area contributed by atoms with E-state index in [1.807, 2.05) is 0 Å². The molecule has 0 spiro atoms. The van der Waals surface area contributed by atoms with E-state index in [-0.39, 0.29) is 0 Å². The second-order valence-corrected chi connectivity index (χ2v) is 12.7. The molecule has 0 aromatic heterocycles. The number of halogens is 3. The van der Waals surface area contributed by atoms with E-state index in [0.29, 0.717) is 0 Å². The zero-order chi connectivity index (χ0) is 7.11. The average molecular weight is 181 g/mol. The summed E-state index contributed by atoms with van der Waals surface area (Å²) in [7, 11) is 15.0. The summed E-state index contributed by atoms with van der Waals surface area (Å²) in [6.45, 7) is 2.00. The van der Waals surface area contributed by atoms with Gasteiger partial charge < -0.3 is 4.74 Å². The molecule has 0 amide bonds. The summed E-state index contributed by atoms with van der Waals surface area (Å²) in [6, 6.07) is 0. The van der Waals surface area contributed by atoms with E-state index in [2.05, 4.69) is 0 Å². The number of hydrogen-bond acceptors (Lipinski definition) is 1. The Labute approximate surface area is 73.9 Å². The third kappa shape index (κ3) is 12.8. The normalized spacial score (nSPS) is 16.3. The monoisotopic (exact) mass is 180 g/mol. The van der Waals surface area contributed by atoms with Gasteiger partial charge in [-0.2, -0.15) is 0 Å². The molecular formula is C4H8Cl3OZr. The van der Waals surface area contributed by atoms with Crippen molar-refractivity contribution >= 4 is 25.5 Å². The Kier molecular flexibility index (Phi) is 9.30. The molecule has 5 heteroatoms. The molecule has 0 unspecified atom stereocenters. The molecule has 1 rings (SSSR count). The number of rotatable bonds is 0. The fourth-order valence-electron chi connectivity index (χ4n) is 0.510. The summed E-state index contributed by atoms with van der Waals surface area (Å²) in [5.74, 6) is 0. The van der Waals surface area contributed by atoms with E-state index in [4.69, 9.17) is 30.3 Å². The van der Waals surface area contributed by atoms with Gasteiger partial charge in [0.1, 0.15) is 0 Å². The van der Waals surface area contributed by atoms with Gasteiger partial charge in [-0.25, -0.2) is 0 Å². The van der Waals surface area contributed by atoms with Crippen molar-refractivity contribution in [1.82, 2.24) is 0 Å². The van der Waals surface area contributed by atoms with Crippen LogP contribution >= 0.6 is 25.5 Å². The zero-order valence-corrected chi connectivity index (χ0v) is 9.60. The average Bonchev–Trinajstić information content (AvgIpc) is 2.11. The molecular weight excluding hydrogens is 173 g/mol. The molecule has 0 atom stereocenters. The molecule has 0 aliphatic carbocycles. The molecule has 1 nitrogen and oxygen atoms in total. The Bertz CT molecular complexity index is 47.4. The summed E-state index contributed by atoms with van der Waals surface area (Å²) in [6.07, 6.45) is 2.56. The second kappa shape index (κ2) is 7.82. The predicted molar refractivity (Wildman–Crippen MR) is 37.6 cm³/mol. The van der Waals surface area contributed by atoms with Crippen molar-refractivity contribution in [1.29, 1.82) is 0 Å². The van der Waals surface area contributed by atoms with Gasteiger partial charge in [-0.15, -0.1) is 0 Å². The van der Waals surface area contributed by atoms with Gasteiger partial charge in [0.25, 0.3) is 0 Å². The molecule has 1 heterocycles. The van der Waals surface area contributed by atoms with Crippen molar-refractivity contribution < 1.29 is 22.9 Å². The van der Waals surface area contributed by atoms with Gasteiger partial charge in [0.15, 0.2) is 0 Å². The van der Waals surface area contributed by atoms with Gasteiger partial charge in [0, 0.05) is 13.2 Å². The summed E-state index contributed by atoms with van der Waals surface area (Å²) in [4.78, 5) is 0. The van der Waals surface area contributed by atoms with Crippen molar-refractivity contribution in [2.24, 2.45) is 0 Å². The Morgan fingerprint density at radius 2 is 1.33 bits per heavy atom. The molecule has 9 heavy (non-hydrogen) atoms. The van der Waals surface area contributed by atoms with E-state index in [1.54, 1.807) is 0 Å². The van der Waals surface area contributed by atoms with Gasteiger partial charge in [-0.1, -0.05) is 0 Å². The first-order valence-corrected chi connectivity index (χ1v) is 12.1. The topological polar surface area (TPSA) is 9.23 Å². The van der Waals surface area contributed by atoms with Crippen molar-refractivity contribution in [3.8, 4) is 0 Å². The van der Waals surface area contributed by atoms with E-state index < -0.39 is 18.2 Å². The molecule has 1 aliphatic rings. The van der Waals surface area contributed by atoms with Crippen molar-refractivity contribution in [2.75, 3.05) is 13.2 Å².